The summed E-state index contributed by atoms with van der Waals surface area (Å²) in [5, 5.41) is 0. The van der Waals surface area contributed by atoms with Crippen molar-refractivity contribution in [2.24, 2.45) is 0 Å². The van der Waals surface area contributed by atoms with Crippen LogP contribution in [0, 0.1) is 0 Å². The third kappa shape index (κ3) is 6.57. The Morgan fingerprint density at radius 2 is 1.11 bits per heavy atom. The monoisotopic (exact) mass is 532 g/mol. The quantitative estimate of drug-likeness (QED) is 0.162. The molecule has 0 radical (unpaired) electrons. The zero-order valence-electron chi connectivity index (χ0n) is 19.3. The van der Waals surface area contributed by atoms with Gasteiger partial charge < -0.3 is 18.9 Å². The zero-order chi connectivity index (χ0) is 27.3. The number of hydrogen-bond donors (Lipinski definition) is 0. The van der Waals surface area contributed by atoms with Gasteiger partial charge >= 0.3 is 24.4 Å². The van der Waals surface area contributed by atoms with E-state index in [-0.39, 0.29) is 25.7 Å². The van der Waals surface area contributed by atoms with Crippen molar-refractivity contribution in [2.45, 2.75) is 70.0 Å². The summed E-state index contributed by atoms with van der Waals surface area (Å²) >= 11 is 0. The average molecular weight is 532 g/mol. The molecule has 0 heterocycles. The molecule has 0 aliphatic rings. The first-order chi connectivity index (χ1) is 15.9. The SMILES string of the molecule is CCOCOC(F)(c1cc(C(C)CC)cc(C(OCOCC)(C(F)(F)F)C(F)(F)F)c1)C(F)(F)F. The Morgan fingerprint density at radius 1 is 0.657 bits per heavy atom. The molecule has 0 amide bonds. The number of halogens is 10. The molecular weight excluding hydrogens is 506 g/mol. The minimum atomic E-state index is -6.23. The van der Waals surface area contributed by atoms with Crippen LogP contribution >= 0.6 is 0 Å². The predicted molar refractivity (Wildman–Crippen MR) is 103 cm³/mol. The Balaban J connectivity index is 4.04. The van der Waals surface area contributed by atoms with Crippen molar-refractivity contribution in [1.82, 2.24) is 0 Å². The van der Waals surface area contributed by atoms with Gasteiger partial charge in [-0.25, -0.2) is 0 Å². The average Bonchev–Trinajstić information content (AvgIpc) is 2.73. The van der Waals surface area contributed by atoms with E-state index < -0.39 is 66.2 Å². The molecule has 0 saturated heterocycles. The maximum atomic E-state index is 15.3. The fourth-order valence-electron chi connectivity index (χ4n) is 3.04. The van der Waals surface area contributed by atoms with E-state index in [2.05, 4.69) is 18.9 Å². The molecule has 0 aromatic heterocycles. The molecular formula is C21H26F10O4. The standard InChI is InChI=1S/C21H26F10O4/c1-5-13(4)14-8-15(17(19(23,24)25,20(26,27)28)34-11-32-6-2)10-16(9-14)18(22,21(29,30)31)35-12-33-7-3/h8-10,13H,5-7,11-12H2,1-4H3. The van der Waals surface area contributed by atoms with E-state index in [0.29, 0.717) is 12.1 Å². The van der Waals surface area contributed by atoms with Crippen LogP contribution in [0.2, 0.25) is 0 Å². The van der Waals surface area contributed by atoms with Gasteiger partial charge in [-0.1, -0.05) is 19.9 Å². The summed E-state index contributed by atoms with van der Waals surface area (Å²) in [6, 6.07) is 0.694. The minimum Gasteiger partial charge on any atom is -0.356 e. The van der Waals surface area contributed by atoms with Gasteiger partial charge in [-0.3, -0.25) is 0 Å². The van der Waals surface area contributed by atoms with Crippen molar-refractivity contribution in [3.05, 3.63) is 34.9 Å². The van der Waals surface area contributed by atoms with Crippen molar-refractivity contribution >= 4 is 0 Å². The predicted octanol–water partition coefficient (Wildman–Crippen LogP) is 7.23. The molecule has 0 saturated carbocycles. The number of alkyl halides is 10. The van der Waals surface area contributed by atoms with E-state index in [1.54, 1.807) is 0 Å². The molecule has 0 aliphatic heterocycles. The highest BCUT2D eigenvalue weighted by atomic mass is 19.4. The highest BCUT2D eigenvalue weighted by Gasteiger charge is 2.74. The van der Waals surface area contributed by atoms with E-state index >= 15 is 4.39 Å². The van der Waals surface area contributed by atoms with Gasteiger partial charge in [0.25, 0.3) is 5.60 Å². The molecule has 0 N–H and O–H groups in total. The van der Waals surface area contributed by atoms with E-state index in [9.17, 15) is 39.5 Å². The zero-order valence-corrected chi connectivity index (χ0v) is 19.3. The second kappa shape index (κ2) is 11.6. The summed E-state index contributed by atoms with van der Waals surface area (Å²) in [6.45, 7) is 2.13. The van der Waals surface area contributed by atoms with Crippen molar-refractivity contribution in [2.75, 3.05) is 26.8 Å². The smallest absolute Gasteiger partial charge is 0.356 e. The van der Waals surface area contributed by atoms with Gasteiger partial charge in [0, 0.05) is 24.3 Å². The molecule has 35 heavy (non-hydrogen) atoms. The summed E-state index contributed by atoms with van der Waals surface area (Å²) in [7, 11) is 0. The number of ether oxygens (including phenoxy) is 4. The number of rotatable bonds is 12. The molecule has 0 aliphatic carbocycles. The molecule has 1 aromatic carbocycles. The van der Waals surface area contributed by atoms with Crippen LogP contribution in [0.3, 0.4) is 0 Å². The van der Waals surface area contributed by atoms with Gasteiger partial charge in [-0.2, -0.15) is 43.9 Å². The number of benzene rings is 1. The van der Waals surface area contributed by atoms with Crippen LogP contribution in [0.15, 0.2) is 18.2 Å². The normalized spacial score (nSPS) is 16.3. The Morgan fingerprint density at radius 3 is 1.51 bits per heavy atom. The van der Waals surface area contributed by atoms with Gasteiger partial charge in [0.2, 0.25) is 0 Å². The first-order valence-corrected chi connectivity index (χ1v) is 10.4. The highest BCUT2D eigenvalue weighted by Crippen LogP contribution is 2.55. The molecule has 2 unspecified atom stereocenters. The molecule has 0 spiro atoms. The molecule has 204 valence electrons. The van der Waals surface area contributed by atoms with Gasteiger partial charge in [-0.05, 0) is 43.9 Å². The first-order valence-electron chi connectivity index (χ1n) is 10.4. The molecule has 2 atom stereocenters. The maximum absolute atomic E-state index is 15.3. The minimum absolute atomic E-state index is 0.0961. The third-order valence-corrected chi connectivity index (χ3v) is 5.19. The summed E-state index contributed by atoms with van der Waals surface area (Å²) in [6.07, 6.45) is -18.2. The molecule has 14 heteroatoms. The lowest BCUT2D eigenvalue weighted by molar-refractivity contribution is -0.401. The van der Waals surface area contributed by atoms with E-state index in [1.807, 2.05) is 0 Å². The fraction of sp³-hybridized carbons (Fsp3) is 0.714. The maximum Gasteiger partial charge on any atom is 0.453 e. The molecule has 1 aromatic rings. The van der Waals surface area contributed by atoms with E-state index in [4.69, 9.17) is 0 Å². The summed E-state index contributed by atoms with van der Waals surface area (Å²) in [4.78, 5) is 0. The van der Waals surface area contributed by atoms with E-state index in [1.165, 1.54) is 27.7 Å². The van der Waals surface area contributed by atoms with Gasteiger partial charge in [-0.15, -0.1) is 0 Å². The molecule has 4 nitrogen and oxygen atoms in total. The summed E-state index contributed by atoms with van der Waals surface area (Å²) in [5.74, 6) is -5.65. The second-order valence-electron chi connectivity index (χ2n) is 7.43. The van der Waals surface area contributed by atoms with Crippen LogP contribution in [0.4, 0.5) is 43.9 Å². The van der Waals surface area contributed by atoms with Gasteiger partial charge in [0.1, 0.15) is 6.79 Å². The van der Waals surface area contributed by atoms with Crippen molar-refractivity contribution in [3.63, 3.8) is 0 Å². The Bertz CT molecular complexity index is 793. The lowest BCUT2D eigenvalue weighted by Crippen LogP contribution is -2.56. The highest BCUT2D eigenvalue weighted by molar-refractivity contribution is 5.40. The summed E-state index contributed by atoms with van der Waals surface area (Å²) in [5.41, 5.74) is -8.99. The van der Waals surface area contributed by atoms with Crippen molar-refractivity contribution in [3.8, 4) is 0 Å². The van der Waals surface area contributed by atoms with Crippen LogP contribution in [0.25, 0.3) is 0 Å². The molecule has 0 fully saturated rings. The second-order valence-corrected chi connectivity index (χ2v) is 7.43. The van der Waals surface area contributed by atoms with Crippen molar-refractivity contribution in [1.29, 1.82) is 0 Å². The van der Waals surface area contributed by atoms with Crippen LogP contribution in [0.1, 0.15) is 56.7 Å². The van der Waals surface area contributed by atoms with Crippen LogP contribution in [0.5, 0.6) is 0 Å². The lowest BCUT2D eigenvalue weighted by Gasteiger charge is -2.38. The van der Waals surface area contributed by atoms with Crippen molar-refractivity contribution < 1.29 is 62.9 Å². The topological polar surface area (TPSA) is 36.9 Å². The largest absolute Gasteiger partial charge is 0.453 e. The Labute approximate surface area is 195 Å². The third-order valence-electron chi connectivity index (χ3n) is 5.19. The van der Waals surface area contributed by atoms with Gasteiger partial charge in [0.05, 0.1) is 0 Å². The first kappa shape index (κ1) is 31.4. The number of hydrogen-bond acceptors (Lipinski definition) is 4. The van der Waals surface area contributed by atoms with Crippen LogP contribution < -0.4 is 0 Å². The van der Waals surface area contributed by atoms with Crippen LogP contribution in [-0.2, 0) is 30.4 Å². The van der Waals surface area contributed by atoms with Crippen LogP contribution in [-0.4, -0.2) is 45.3 Å². The Kier molecular flexibility index (Phi) is 10.4. The van der Waals surface area contributed by atoms with Gasteiger partial charge in [0.15, 0.2) is 6.79 Å². The molecule has 1 rings (SSSR count). The lowest BCUT2D eigenvalue weighted by atomic mass is 9.84. The van der Waals surface area contributed by atoms with E-state index in [0.717, 1.165) is 0 Å². The fourth-order valence-corrected chi connectivity index (χ4v) is 3.04. The summed E-state index contributed by atoms with van der Waals surface area (Å²) < 4.78 is 158. The Hall–Kier alpha value is -1.64. The molecule has 0 bridgehead atoms.